The molecule has 0 spiro atoms. The average Bonchev–Trinajstić information content (AvgIpc) is 3.65. The maximum atomic E-state index is 14.0. The SMILES string of the molecule is C[Si](C)(C)C#C[C@]1(OC(=O)c2ccccc2)C(n2cnc3cnc(N)nc32)O[C@H](COC(=O)c2ccccc2)[C@H]1OC(=O)c1ccccc1. The summed E-state index contributed by atoms with van der Waals surface area (Å²) in [5, 5.41) is 0. The molecule has 2 N–H and O–H groups in total. The number of nitrogen functional groups attached to an aromatic ring is 1. The number of hydrogen-bond acceptors (Lipinski definition) is 11. The minimum absolute atomic E-state index is 0.0345. The molecule has 248 valence electrons. The van der Waals surface area contributed by atoms with Crippen molar-refractivity contribution < 1.29 is 33.3 Å². The van der Waals surface area contributed by atoms with Gasteiger partial charge in [0.15, 0.2) is 18.0 Å². The standard InChI is InChI=1S/C36H33N5O7Si/c1-49(2,3)20-19-36(48-33(44)26-17-11-6-12-18-26)29(47-32(43)25-15-9-5-10-16-25)28(22-45-31(42)24-13-7-4-8-14-24)46-34(36)41-23-39-27-21-38-35(37)40-30(27)41/h4-18,21,23,28-29,34H,22H2,1-3H3,(H2,37,38,40)/t28-,29-,34?,36-/m1/s1. The Labute approximate surface area is 283 Å². The zero-order valence-corrected chi connectivity index (χ0v) is 28.0. The van der Waals surface area contributed by atoms with Gasteiger partial charge in [0.2, 0.25) is 5.95 Å². The number of ether oxygens (including phenoxy) is 4. The molecule has 0 bridgehead atoms. The molecule has 4 atom stereocenters. The van der Waals surface area contributed by atoms with E-state index < -0.39 is 50.0 Å². The Hall–Kier alpha value is -5.84. The minimum Gasteiger partial charge on any atom is -0.459 e. The average molecular weight is 676 g/mol. The van der Waals surface area contributed by atoms with Crippen molar-refractivity contribution in [3.63, 3.8) is 0 Å². The predicted octanol–water partition coefficient (Wildman–Crippen LogP) is 4.87. The normalized spacial score (nSPS) is 20.2. The molecule has 49 heavy (non-hydrogen) atoms. The van der Waals surface area contributed by atoms with Crippen molar-refractivity contribution >= 4 is 43.1 Å². The topological polar surface area (TPSA) is 158 Å². The first kappa shape index (κ1) is 33.1. The third-order valence-electron chi connectivity index (χ3n) is 7.55. The molecule has 6 rings (SSSR count). The van der Waals surface area contributed by atoms with Crippen LogP contribution in [0.2, 0.25) is 19.6 Å². The van der Waals surface area contributed by atoms with E-state index in [1.54, 1.807) is 91.0 Å². The fourth-order valence-corrected chi connectivity index (χ4v) is 5.81. The zero-order valence-electron chi connectivity index (χ0n) is 27.0. The van der Waals surface area contributed by atoms with Gasteiger partial charge in [0.05, 0.1) is 29.2 Å². The smallest absolute Gasteiger partial charge is 0.339 e. The van der Waals surface area contributed by atoms with Crippen LogP contribution in [-0.2, 0) is 18.9 Å². The van der Waals surface area contributed by atoms with E-state index in [1.807, 2.05) is 19.6 Å². The van der Waals surface area contributed by atoms with E-state index in [9.17, 15) is 14.4 Å². The molecular weight excluding hydrogens is 643 g/mol. The summed E-state index contributed by atoms with van der Waals surface area (Å²) in [6.45, 7) is 5.66. The van der Waals surface area contributed by atoms with E-state index in [1.165, 1.54) is 17.1 Å². The Morgan fingerprint density at radius 3 is 2.02 bits per heavy atom. The minimum atomic E-state index is -2.22. The number of nitrogens with two attached hydrogens (primary N) is 1. The van der Waals surface area contributed by atoms with Crippen molar-refractivity contribution in [3.8, 4) is 11.5 Å². The van der Waals surface area contributed by atoms with Gasteiger partial charge in [-0.3, -0.25) is 4.57 Å². The van der Waals surface area contributed by atoms with Crippen LogP contribution in [0.25, 0.3) is 11.2 Å². The molecular formula is C36H33N5O7Si. The number of imidazole rings is 1. The first-order chi connectivity index (χ1) is 23.5. The van der Waals surface area contributed by atoms with E-state index >= 15 is 0 Å². The van der Waals surface area contributed by atoms with Crippen LogP contribution in [0.5, 0.6) is 0 Å². The summed E-state index contributed by atoms with van der Waals surface area (Å²) in [6.07, 6.45) is -1.03. The number of anilines is 1. The number of hydrogen-bond donors (Lipinski definition) is 1. The van der Waals surface area contributed by atoms with Crippen molar-refractivity contribution in [2.24, 2.45) is 0 Å². The molecule has 2 aromatic heterocycles. The molecule has 1 saturated heterocycles. The fraction of sp³-hybridized carbons (Fsp3) is 0.222. The summed E-state index contributed by atoms with van der Waals surface area (Å²) in [6, 6.07) is 25.1. The van der Waals surface area contributed by atoms with E-state index in [0.29, 0.717) is 11.1 Å². The van der Waals surface area contributed by atoms with Crippen LogP contribution in [-0.4, -0.2) is 69.9 Å². The van der Waals surface area contributed by atoms with Gasteiger partial charge in [0.25, 0.3) is 5.60 Å². The van der Waals surface area contributed by atoms with Gasteiger partial charge in [-0.1, -0.05) is 80.2 Å². The molecule has 0 aliphatic carbocycles. The number of aromatic nitrogens is 4. The summed E-state index contributed by atoms with van der Waals surface area (Å²) in [5.41, 5.74) is 8.67. The third kappa shape index (κ3) is 7.20. The van der Waals surface area contributed by atoms with Crippen LogP contribution in [0.4, 0.5) is 5.95 Å². The van der Waals surface area contributed by atoms with Gasteiger partial charge >= 0.3 is 17.9 Å². The lowest BCUT2D eigenvalue weighted by Gasteiger charge is -2.34. The number of carbonyl (C=O) groups excluding carboxylic acids is 3. The summed E-state index contributed by atoms with van der Waals surface area (Å²) in [7, 11) is -2.22. The quantitative estimate of drug-likeness (QED) is 0.104. The molecule has 3 aromatic carbocycles. The third-order valence-corrected chi connectivity index (χ3v) is 8.43. The largest absolute Gasteiger partial charge is 0.459 e. The van der Waals surface area contributed by atoms with Gasteiger partial charge in [-0.15, -0.1) is 5.54 Å². The van der Waals surface area contributed by atoms with E-state index in [0.717, 1.165) is 0 Å². The van der Waals surface area contributed by atoms with Crippen molar-refractivity contribution in [3.05, 3.63) is 120 Å². The molecule has 12 nitrogen and oxygen atoms in total. The Kier molecular flexibility index (Phi) is 9.26. The Morgan fingerprint density at radius 1 is 0.857 bits per heavy atom. The Balaban J connectivity index is 1.53. The van der Waals surface area contributed by atoms with Crippen molar-refractivity contribution in [2.45, 2.75) is 43.7 Å². The fourth-order valence-electron chi connectivity index (χ4n) is 5.24. The van der Waals surface area contributed by atoms with Gasteiger partial charge in [-0.2, -0.15) is 4.98 Å². The highest BCUT2D eigenvalue weighted by Crippen LogP contribution is 2.45. The molecule has 1 unspecified atom stereocenters. The van der Waals surface area contributed by atoms with Gasteiger partial charge in [0, 0.05) is 0 Å². The lowest BCUT2D eigenvalue weighted by molar-refractivity contribution is -0.0865. The number of rotatable bonds is 8. The van der Waals surface area contributed by atoms with Crippen LogP contribution >= 0.6 is 0 Å². The van der Waals surface area contributed by atoms with Crippen LogP contribution in [0, 0.1) is 11.5 Å². The molecule has 1 aliphatic heterocycles. The van der Waals surface area contributed by atoms with Gasteiger partial charge in [0.1, 0.15) is 26.3 Å². The molecule has 13 heteroatoms. The number of nitrogens with zero attached hydrogens (tertiary/aromatic N) is 4. The predicted molar refractivity (Wildman–Crippen MR) is 182 cm³/mol. The van der Waals surface area contributed by atoms with E-state index in [4.69, 9.17) is 24.7 Å². The van der Waals surface area contributed by atoms with Crippen molar-refractivity contribution in [1.82, 2.24) is 19.5 Å². The molecule has 0 radical (unpaired) electrons. The van der Waals surface area contributed by atoms with E-state index in [2.05, 4.69) is 26.4 Å². The maximum Gasteiger partial charge on any atom is 0.339 e. The Bertz CT molecular complexity index is 2040. The van der Waals surface area contributed by atoms with Crippen LogP contribution in [0.15, 0.2) is 104 Å². The second-order valence-corrected chi connectivity index (χ2v) is 17.1. The molecule has 0 saturated carbocycles. The highest BCUT2D eigenvalue weighted by molar-refractivity contribution is 6.83. The van der Waals surface area contributed by atoms with Crippen molar-refractivity contribution in [2.75, 3.05) is 12.3 Å². The molecule has 1 aliphatic rings. The lowest BCUT2D eigenvalue weighted by atomic mass is 9.93. The molecule has 3 heterocycles. The van der Waals surface area contributed by atoms with Gasteiger partial charge in [-0.25, -0.2) is 24.4 Å². The van der Waals surface area contributed by atoms with Crippen LogP contribution in [0.1, 0.15) is 37.3 Å². The molecule has 1 fully saturated rings. The van der Waals surface area contributed by atoms with Gasteiger partial charge in [-0.05, 0) is 36.4 Å². The highest BCUT2D eigenvalue weighted by atomic mass is 28.3. The second-order valence-electron chi connectivity index (χ2n) is 12.3. The van der Waals surface area contributed by atoms with Crippen LogP contribution in [0.3, 0.4) is 0 Å². The monoisotopic (exact) mass is 675 g/mol. The number of fused-ring (bicyclic) bond motifs is 1. The van der Waals surface area contributed by atoms with Crippen molar-refractivity contribution in [1.29, 1.82) is 0 Å². The zero-order chi connectivity index (χ0) is 34.6. The van der Waals surface area contributed by atoms with Crippen LogP contribution < -0.4 is 5.73 Å². The summed E-state index contributed by atoms with van der Waals surface area (Å²) in [4.78, 5) is 53.7. The number of carbonyl (C=O) groups is 3. The summed E-state index contributed by atoms with van der Waals surface area (Å²) in [5.74, 6) is 1.07. The first-order valence-electron chi connectivity index (χ1n) is 15.5. The Morgan fingerprint density at radius 2 is 1.43 bits per heavy atom. The first-order valence-corrected chi connectivity index (χ1v) is 19.0. The number of esters is 3. The molecule has 5 aromatic rings. The lowest BCUT2D eigenvalue weighted by Crippen LogP contribution is -2.52. The summed E-state index contributed by atoms with van der Waals surface area (Å²) < 4.78 is 26.5. The number of benzene rings is 3. The van der Waals surface area contributed by atoms with E-state index in [-0.39, 0.29) is 29.3 Å². The highest BCUT2D eigenvalue weighted by Gasteiger charge is 2.63. The van der Waals surface area contributed by atoms with Gasteiger partial charge < -0.3 is 24.7 Å². The summed E-state index contributed by atoms with van der Waals surface area (Å²) >= 11 is 0. The molecule has 0 amide bonds. The second kappa shape index (κ2) is 13.7. The maximum absolute atomic E-state index is 14.0.